The third-order valence-electron chi connectivity index (χ3n) is 3.90. The molecule has 0 aliphatic carbocycles. The number of carbonyl (C=O) groups is 1. The second kappa shape index (κ2) is 7.17. The number of H-pyrrole nitrogens is 1. The van der Waals surface area contributed by atoms with Gasteiger partial charge >= 0.3 is 5.69 Å². The van der Waals surface area contributed by atoms with Gasteiger partial charge in [0.15, 0.2) is 0 Å². The van der Waals surface area contributed by atoms with E-state index >= 15 is 0 Å². The van der Waals surface area contributed by atoms with Crippen LogP contribution in [0.3, 0.4) is 0 Å². The highest BCUT2D eigenvalue weighted by Crippen LogP contribution is 2.11. The topological polar surface area (TPSA) is 71.0 Å². The number of nitrogens with one attached hydrogen (secondary N) is 1. The third-order valence-corrected chi connectivity index (χ3v) is 3.90. The zero-order valence-corrected chi connectivity index (χ0v) is 14.2. The maximum Gasteiger partial charge on any atom is 0.348 e. The Hall–Kier alpha value is -3.15. The highest BCUT2D eigenvalue weighted by Gasteiger charge is 2.23. The van der Waals surface area contributed by atoms with Gasteiger partial charge in [-0.1, -0.05) is 48.5 Å². The Balaban J connectivity index is 1.89. The van der Waals surface area contributed by atoms with Gasteiger partial charge in [-0.15, -0.1) is 5.10 Å². The smallest absolute Gasteiger partial charge is 0.329 e. The predicted molar refractivity (Wildman–Crippen MR) is 95.6 cm³/mol. The molecule has 6 heteroatoms. The van der Waals surface area contributed by atoms with Gasteiger partial charge < -0.3 is 4.90 Å². The first-order valence-electron chi connectivity index (χ1n) is 8.16. The van der Waals surface area contributed by atoms with Crippen molar-refractivity contribution in [3.8, 4) is 5.69 Å². The van der Waals surface area contributed by atoms with Crippen LogP contribution in [0.4, 0.5) is 0 Å². The first kappa shape index (κ1) is 16.7. The van der Waals surface area contributed by atoms with Crippen molar-refractivity contribution in [2.45, 2.75) is 26.4 Å². The molecule has 0 spiro atoms. The number of hydrogen-bond acceptors (Lipinski definition) is 3. The van der Waals surface area contributed by atoms with Crippen molar-refractivity contribution in [3.63, 3.8) is 0 Å². The first-order chi connectivity index (χ1) is 12.1. The van der Waals surface area contributed by atoms with Crippen molar-refractivity contribution in [1.29, 1.82) is 0 Å². The highest BCUT2D eigenvalue weighted by atomic mass is 16.2. The van der Waals surface area contributed by atoms with Gasteiger partial charge in [0.05, 0.1) is 5.69 Å². The van der Waals surface area contributed by atoms with Crippen LogP contribution in [0, 0.1) is 0 Å². The lowest BCUT2D eigenvalue weighted by Gasteiger charge is -2.25. The van der Waals surface area contributed by atoms with E-state index in [-0.39, 0.29) is 17.8 Å². The maximum absolute atomic E-state index is 12.9. The SMILES string of the molecule is CC(C)N(Cc1ccccc1)C(=O)c1nn(-c2ccccc2)c(=O)[nH]1. The fourth-order valence-electron chi connectivity index (χ4n) is 2.57. The number of para-hydroxylation sites is 1. The molecule has 25 heavy (non-hydrogen) atoms. The van der Waals surface area contributed by atoms with Crippen LogP contribution in [0.25, 0.3) is 5.69 Å². The summed E-state index contributed by atoms with van der Waals surface area (Å²) in [6, 6.07) is 18.7. The number of benzene rings is 2. The van der Waals surface area contributed by atoms with E-state index in [9.17, 15) is 9.59 Å². The number of rotatable bonds is 5. The van der Waals surface area contributed by atoms with Crippen molar-refractivity contribution < 1.29 is 4.79 Å². The molecule has 0 unspecified atom stereocenters. The lowest BCUT2D eigenvalue weighted by molar-refractivity contribution is 0.0677. The van der Waals surface area contributed by atoms with E-state index in [1.54, 1.807) is 17.0 Å². The van der Waals surface area contributed by atoms with E-state index in [0.717, 1.165) is 5.56 Å². The molecule has 1 aromatic heterocycles. The molecule has 1 amide bonds. The van der Waals surface area contributed by atoms with Crippen molar-refractivity contribution in [3.05, 3.63) is 82.5 Å². The highest BCUT2D eigenvalue weighted by molar-refractivity contribution is 5.90. The van der Waals surface area contributed by atoms with Crippen molar-refractivity contribution >= 4 is 5.91 Å². The van der Waals surface area contributed by atoms with Crippen LogP contribution in [0.2, 0.25) is 0 Å². The summed E-state index contributed by atoms with van der Waals surface area (Å²) in [5.74, 6) is -0.260. The van der Waals surface area contributed by atoms with Crippen LogP contribution in [0.15, 0.2) is 65.5 Å². The van der Waals surface area contributed by atoms with Crippen molar-refractivity contribution in [2.24, 2.45) is 0 Å². The Morgan fingerprint density at radius 3 is 2.28 bits per heavy atom. The minimum absolute atomic E-state index is 0.0296. The summed E-state index contributed by atoms with van der Waals surface area (Å²) >= 11 is 0. The summed E-state index contributed by atoms with van der Waals surface area (Å²) in [4.78, 5) is 29.3. The third kappa shape index (κ3) is 3.68. The normalized spacial score (nSPS) is 10.8. The first-order valence-corrected chi connectivity index (χ1v) is 8.16. The molecule has 0 saturated heterocycles. The van der Waals surface area contributed by atoms with Crippen molar-refractivity contribution in [1.82, 2.24) is 19.7 Å². The van der Waals surface area contributed by atoms with E-state index in [1.165, 1.54) is 4.68 Å². The van der Waals surface area contributed by atoms with Crippen LogP contribution in [0.1, 0.15) is 30.0 Å². The minimum Gasteiger partial charge on any atom is -0.329 e. The summed E-state index contributed by atoms with van der Waals surface area (Å²) in [6.07, 6.45) is 0. The molecule has 6 nitrogen and oxygen atoms in total. The Morgan fingerprint density at radius 2 is 1.68 bits per heavy atom. The van der Waals surface area contributed by atoms with Gasteiger partial charge in [-0.05, 0) is 31.5 Å². The minimum atomic E-state index is -0.432. The number of aromatic nitrogens is 3. The number of hydrogen-bond donors (Lipinski definition) is 1. The van der Waals surface area contributed by atoms with Gasteiger partial charge in [0.2, 0.25) is 5.82 Å². The van der Waals surface area contributed by atoms with E-state index < -0.39 is 5.69 Å². The van der Waals surface area contributed by atoms with Crippen LogP contribution >= 0.6 is 0 Å². The fourth-order valence-corrected chi connectivity index (χ4v) is 2.57. The Labute approximate surface area is 145 Å². The molecular weight excluding hydrogens is 316 g/mol. The molecule has 3 rings (SSSR count). The Morgan fingerprint density at radius 1 is 1.08 bits per heavy atom. The molecule has 0 atom stereocenters. The quantitative estimate of drug-likeness (QED) is 0.778. The molecule has 0 radical (unpaired) electrons. The zero-order valence-electron chi connectivity index (χ0n) is 14.2. The average molecular weight is 336 g/mol. The summed E-state index contributed by atoms with van der Waals surface area (Å²) in [6.45, 7) is 4.33. The lowest BCUT2D eigenvalue weighted by Crippen LogP contribution is -2.37. The van der Waals surface area contributed by atoms with Gasteiger partial charge in [0.1, 0.15) is 0 Å². The summed E-state index contributed by atoms with van der Waals surface area (Å²) < 4.78 is 1.20. The van der Waals surface area contributed by atoms with E-state index in [0.29, 0.717) is 12.2 Å². The van der Waals surface area contributed by atoms with E-state index in [4.69, 9.17) is 0 Å². The van der Waals surface area contributed by atoms with E-state index in [2.05, 4.69) is 10.1 Å². The maximum atomic E-state index is 12.9. The average Bonchev–Trinajstić information content (AvgIpc) is 3.02. The number of aromatic amines is 1. The molecule has 0 bridgehead atoms. The Kier molecular flexibility index (Phi) is 4.79. The summed E-state index contributed by atoms with van der Waals surface area (Å²) in [7, 11) is 0. The van der Waals surface area contributed by atoms with Gasteiger partial charge in [0.25, 0.3) is 5.91 Å². The summed E-state index contributed by atoms with van der Waals surface area (Å²) in [5, 5.41) is 4.18. The van der Waals surface area contributed by atoms with Crippen LogP contribution in [-0.2, 0) is 6.54 Å². The van der Waals surface area contributed by atoms with Gasteiger partial charge in [-0.2, -0.15) is 4.68 Å². The zero-order chi connectivity index (χ0) is 17.8. The molecule has 1 heterocycles. The molecule has 0 aliphatic heterocycles. The second-order valence-electron chi connectivity index (χ2n) is 6.04. The molecule has 0 fully saturated rings. The lowest BCUT2D eigenvalue weighted by atomic mass is 10.2. The number of carbonyl (C=O) groups excluding carboxylic acids is 1. The molecule has 128 valence electrons. The monoisotopic (exact) mass is 336 g/mol. The van der Waals surface area contributed by atoms with Crippen molar-refractivity contribution in [2.75, 3.05) is 0 Å². The fraction of sp³-hybridized carbons (Fsp3) is 0.211. The number of amides is 1. The molecule has 2 aromatic carbocycles. The van der Waals surface area contributed by atoms with Crippen LogP contribution < -0.4 is 5.69 Å². The molecule has 0 aliphatic rings. The molecule has 3 aromatic rings. The molecular formula is C19H20N4O2. The predicted octanol–water partition coefficient (Wildman–Crippen LogP) is 2.61. The summed E-state index contributed by atoms with van der Waals surface area (Å²) in [5.41, 5.74) is 1.20. The van der Waals surface area contributed by atoms with Crippen LogP contribution in [0.5, 0.6) is 0 Å². The molecule has 1 N–H and O–H groups in total. The Bertz CT molecular complexity index is 898. The largest absolute Gasteiger partial charge is 0.348 e. The van der Waals surface area contributed by atoms with E-state index in [1.807, 2.05) is 62.4 Å². The van der Waals surface area contributed by atoms with Crippen LogP contribution in [-0.4, -0.2) is 31.6 Å². The van der Waals surface area contributed by atoms with Gasteiger partial charge in [0, 0.05) is 12.6 Å². The molecule has 0 saturated carbocycles. The number of nitrogens with zero attached hydrogens (tertiary/aromatic N) is 3. The standard InChI is InChI=1S/C19H20N4O2/c1-14(2)22(13-15-9-5-3-6-10-15)18(24)17-20-19(25)23(21-17)16-11-7-4-8-12-16/h3-12,14H,13H2,1-2H3,(H,20,21,25). The van der Waals surface area contributed by atoms with Gasteiger partial charge in [-0.25, -0.2) is 4.79 Å². The van der Waals surface area contributed by atoms with Gasteiger partial charge in [-0.3, -0.25) is 9.78 Å². The second-order valence-corrected chi connectivity index (χ2v) is 6.04.